The van der Waals surface area contributed by atoms with Crippen LogP contribution in [-0.2, 0) is 0 Å². The number of hydrogen-bond donors (Lipinski definition) is 0. The Kier molecular flexibility index (Phi) is 3.34. The summed E-state index contributed by atoms with van der Waals surface area (Å²) in [6.07, 6.45) is 0.231. The van der Waals surface area contributed by atoms with Gasteiger partial charge in [-0.25, -0.2) is 4.39 Å². The molecule has 1 aromatic heterocycles. The third kappa shape index (κ3) is 2.47. The maximum atomic E-state index is 13.2. The van der Waals surface area contributed by atoms with E-state index in [9.17, 15) is 8.78 Å². The lowest BCUT2D eigenvalue weighted by molar-refractivity contribution is 0.283. The van der Waals surface area contributed by atoms with Crippen LogP contribution in [0, 0.1) is 13.8 Å². The Labute approximate surface area is 76.8 Å². The summed E-state index contributed by atoms with van der Waals surface area (Å²) in [4.78, 5) is 3.95. The molecule has 0 fully saturated rings. The smallest absolute Gasteiger partial charge is 0.145 e. The third-order valence-corrected chi connectivity index (χ3v) is 1.91. The molecule has 0 saturated heterocycles. The van der Waals surface area contributed by atoms with Crippen molar-refractivity contribution in [1.29, 1.82) is 0 Å². The zero-order valence-electron chi connectivity index (χ0n) is 7.85. The molecular weight excluding hydrogens is 172 g/mol. The first-order valence-corrected chi connectivity index (χ1v) is 4.28. The molecule has 0 radical (unpaired) electrons. The van der Waals surface area contributed by atoms with E-state index in [-0.39, 0.29) is 6.42 Å². The lowest BCUT2D eigenvalue weighted by Gasteiger charge is -2.08. The molecule has 1 unspecified atom stereocenters. The van der Waals surface area contributed by atoms with Crippen molar-refractivity contribution < 1.29 is 8.78 Å². The molecule has 1 heterocycles. The summed E-state index contributed by atoms with van der Waals surface area (Å²) in [6, 6.07) is 1.85. The predicted molar refractivity (Wildman–Crippen MR) is 48.2 cm³/mol. The predicted octanol–water partition coefficient (Wildman–Crippen LogP) is 3.07. The number of rotatable bonds is 3. The molecule has 1 aromatic rings. The molecule has 1 nitrogen and oxygen atoms in total. The number of hydrogen-bond acceptors (Lipinski definition) is 1. The van der Waals surface area contributed by atoms with Crippen LogP contribution in [0.15, 0.2) is 12.3 Å². The Morgan fingerprint density at radius 1 is 1.46 bits per heavy atom. The maximum absolute atomic E-state index is 13.2. The second-order valence-corrected chi connectivity index (χ2v) is 3.16. The van der Waals surface area contributed by atoms with Gasteiger partial charge in [-0.2, -0.15) is 0 Å². The minimum absolute atomic E-state index is 0.100. The van der Waals surface area contributed by atoms with Gasteiger partial charge < -0.3 is 0 Å². The number of aryl methyl sites for hydroxylation is 2. The molecule has 0 N–H and O–H groups in total. The average Bonchev–Trinajstić information content (AvgIpc) is 2.04. The minimum atomic E-state index is -1.27. The van der Waals surface area contributed by atoms with Crippen LogP contribution >= 0.6 is 0 Å². The Morgan fingerprint density at radius 3 is 2.69 bits per heavy atom. The Balaban J connectivity index is 2.88. The standard InChI is InChI=1S/C10H13F2N/c1-7-5-8(2)10(13-6-7)9(12)3-4-11/h5-6,9H,3-4H2,1-2H3. The lowest BCUT2D eigenvalue weighted by Crippen LogP contribution is -2.00. The van der Waals surface area contributed by atoms with Gasteiger partial charge in [0.2, 0.25) is 0 Å². The van der Waals surface area contributed by atoms with Crippen LogP contribution in [0.5, 0.6) is 0 Å². The molecule has 0 aliphatic rings. The quantitative estimate of drug-likeness (QED) is 0.705. The summed E-state index contributed by atoms with van der Waals surface area (Å²) in [7, 11) is 0. The normalized spacial score (nSPS) is 12.9. The van der Waals surface area contributed by atoms with Crippen LogP contribution < -0.4 is 0 Å². The summed E-state index contributed by atoms with van der Waals surface area (Å²) >= 11 is 0. The second kappa shape index (κ2) is 4.30. The summed E-state index contributed by atoms with van der Waals surface area (Å²) in [5.74, 6) is 0. The first-order chi connectivity index (χ1) is 6.15. The van der Waals surface area contributed by atoms with Gasteiger partial charge in [-0.05, 0) is 25.0 Å². The van der Waals surface area contributed by atoms with E-state index in [0.717, 1.165) is 11.1 Å². The minimum Gasteiger partial charge on any atom is -0.258 e. The Bertz CT molecular complexity index is 286. The van der Waals surface area contributed by atoms with Crippen molar-refractivity contribution in [3.05, 3.63) is 29.1 Å². The van der Waals surface area contributed by atoms with Crippen molar-refractivity contribution in [2.24, 2.45) is 0 Å². The van der Waals surface area contributed by atoms with E-state index in [0.29, 0.717) is 5.69 Å². The van der Waals surface area contributed by atoms with Crippen molar-refractivity contribution in [3.63, 3.8) is 0 Å². The average molecular weight is 185 g/mol. The van der Waals surface area contributed by atoms with Crippen molar-refractivity contribution in [2.45, 2.75) is 26.4 Å². The molecule has 0 bridgehead atoms. The molecule has 0 saturated carbocycles. The zero-order valence-corrected chi connectivity index (χ0v) is 7.85. The van der Waals surface area contributed by atoms with Gasteiger partial charge in [0.05, 0.1) is 12.4 Å². The molecule has 0 aliphatic carbocycles. The fraction of sp³-hybridized carbons (Fsp3) is 0.500. The van der Waals surface area contributed by atoms with Crippen LogP contribution in [0.3, 0.4) is 0 Å². The van der Waals surface area contributed by atoms with Crippen LogP contribution in [0.4, 0.5) is 8.78 Å². The van der Waals surface area contributed by atoms with Gasteiger partial charge in [-0.1, -0.05) is 6.07 Å². The monoisotopic (exact) mass is 185 g/mol. The van der Waals surface area contributed by atoms with Gasteiger partial charge in [-0.15, -0.1) is 0 Å². The largest absolute Gasteiger partial charge is 0.258 e. The van der Waals surface area contributed by atoms with Crippen LogP contribution in [0.25, 0.3) is 0 Å². The Morgan fingerprint density at radius 2 is 2.15 bits per heavy atom. The zero-order chi connectivity index (χ0) is 9.84. The lowest BCUT2D eigenvalue weighted by atomic mass is 10.1. The van der Waals surface area contributed by atoms with E-state index < -0.39 is 12.8 Å². The summed E-state index contributed by atoms with van der Waals surface area (Å²) < 4.78 is 25.1. The summed E-state index contributed by atoms with van der Waals surface area (Å²) in [6.45, 7) is 3.04. The van der Waals surface area contributed by atoms with Crippen LogP contribution in [0.2, 0.25) is 0 Å². The number of alkyl halides is 2. The van der Waals surface area contributed by atoms with E-state index in [1.54, 1.807) is 13.1 Å². The number of nitrogens with zero attached hydrogens (tertiary/aromatic N) is 1. The molecule has 3 heteroatoms. The fourth-order valence-electron chi connectivity index (χ4n) is 1.29. The SMILES string of the molecule is Cc1cnc(C(F)CCF)c(C)c1. The van der Waals surface area contributed by atoms with Gasteiger partial charge in [0.15, 0.2) is 0 Å². The molecule has 1 rings (SSSR count). The van der Waals surface area contributed by atoms with Crippen molar-refractivity contribution in [1.82, 2.24) is 4.98 Å². The van der Waals surface area contributed by atoms with Gasteiger partial charge in [0, 0.05) is 12.6 Å². The van der Waals surface area contributed by atoms with Crippen molar-refractivity contribution in [3.8, 4) is 0 Å². The van der Waals surface area contributed by atoms with Gasteiger partial charge >= 0.3 is 0 Å². The summed E-state index contributed by atoms with van der Waals surface area (Å²) in [5, 5.41) is 0. The van der Waals surface area contributed by atoms with Gasteiger partial charge in [-0.3, -0.25) is 9.37 Å². The highest BCUT2D eigenvalue weighted by atomic mass is 19.1. The van der Waals surface area contributed by atoms with E-state index in [1.807, 2.05) is 13.0 Å². The van der Waals surface area contributed by atoms with E-state index in [1.165, 1.54) is 0 Å². The number of aromatic nitrogens is 1. The molecule has 72 valence electrons. The number of halogens is 2. The maximum Gasteiger partial charge on any atom is 0.145 e. The Hall–Kier alpha value is -0.990. The van der Waals surface area contributed by atoms with Gasteiger partial charge in [0.1, 0.15) is 6.17 Å². The number of pyridine rings is 1. The first-order valence-electron chi connectivity index (χ1n) is 4.28. The van der Waals surface area contributed by atoms with E-state index in [4.69, 9.17) is 0 Å². The molecule has 0 amide bonds. The fourth-order valence-corrected chi connectivity index (χ4v) is 1.29. The molecule has 0 aliphatic heterocycles. The first kappa shape index (κ1) is 10.1. The summed E-state index contributed by atoms with van der Waals surface area (Å²) in [5.41, 5.74) is 2.15. The highest BCUT2D eigenvalue weighted by molar-refractivity contribution is 5.24. The van der Waals surface area contributed by atoms with Crippen molar-refractivity contribution in [2.75, 3.05) is 6.67 Å². The third-order valence-electron chi connectivity index (χ3n) is 1.91. The highest BCUT2D eigenvalue weighted by Crippen LogP contribution is 2.22. The molecule has 13 heavy (non-hydrogen) atoms. The van der Waals surface area contributed by atoms with Crippen molar-refractivity contribution >= 4 is 0 Å². The van der Waals surface area contributed by atoms with E-state index in [2.05, 4.69) is 4.98 Å². The van der Waals surface area contributed by atoms with Crippen LogP contribution in [0.1, 0.15) is 29.4 Å². The molecule has 0 aromatic carbocycles. The second-order valence-electron chi connectivity index (χ2n) is 3.16. The van der Waals surface area contributed by atoms with E-state index >= 15 is 0 Å². The highest BCUT2D eigenvalue weighted by Gasteiger charge is 2.13. The van der Waals surface area contributed by atoms with Crippen LogP contribution in [-0.4, -0.2) is 11.7 Å². The molecular formula is C10H13F2N. The topological polar surface area (TPSA) is 12.9 Å². The molecule has 0 spiro atoms. The molecule has 1 atom stereocenters. The van der Waals surface area contributed by atoms with Gasteiger partial charge in [0.25, 0.3) is 0 Å².